The van der Waals surface area contributed by atoms with Crippen molar-refractivity contribution in [2.24, 2.45) is 10.8 Å². The summed E-state index contributed by atoms with van der Waals surface area (Å²) in [6.07, 6.45) is 9.81. The molecule has 0 aliphatic heterocycles. The van der Waals surface area contributed by atoms with Crippen molar-refractivity contribution in [2.45, 2.75) is 47.0 Å². The molecule has 0 bridgehead atoms. The van der Waals surface area contributed by atoms with Crippen LogP contribution in [0.2, 0.25) is 0 Å². The van der Waals surface area contributed by atoms with Crippen LogP contribution in [0.5, 0.6) is 0 Å². The topological polar surface area (TPSA) is 9.23 Å². The molecule has 0 aromatic carbocycles. The zero-order valence-electron chi connectivity index (χ0n) is 12.0. The second kappa shape index (κ2) is 5.12. The molecule has 1 aliphatic carbocycles. The number of methoxy groups -OCH3 is 1. The highest BCUT2D eigenvalue weighted by atomic mass is 16.5. The molecule has 0 aromatic heterocycles. The Morgan fingerprint density at radius 3 is 2.59 bits per heavy atom. The van der Waals surface area contributed by atoms with E-state index in [1.165, 1.54) is 24.0 Å². The molecule has 0 saturated carbocycles. The zero-order chi connectivity index (χ0) is 13.1. The second-order valence-electron chi connectivity index (χ2n) is 5.88. The van der Waals surface area contributed by atoms with Crippen molar-refractivity contribution in [2.75, 3.05) is 7.11 Å². The Hall–Kier alpha value is -0.980. The minimum absolute atomic E-state index is 0.0754. The third-order valence-electron chi connectivity index (χ3n) is 4.42. The van der Waals surface area contributed by atoms with Crippen molar-refractivity contribution < 1.29 is 4.74 Å². The molecule has 1 nitrogen and oxygen atoms in total. The third-order valence-corrected chi connectivity index (χ3v) is 4.42. The van der Waals surface area contributed by atoms with E-state index in [1.54, 1.807) is 13.4 Å². The summed E-state index contributed by atoms with van der Waals surface area (Å²) in [6.45, 7) is 13.2. The van der Waals surface area contributed by atoms with Gasteiger partial charge in [-0.15, -0.1) is 0 Å². The van der Waals surface area contributed by atoms with Gasteiger partial charge in [-0.2, -0.15) is 0 Å². The van der Waals surface area contributed by atoms with Gasteiger partial charge in [0.2, 0.25) is 0 Å². The first kappa shape index (κ1) is 14.1. The molecule has 17 heavy (non-hydrogen) atoms. The van der Waals surface area contributed by atoms with Crippen molar-refractivity contribution >= 4 is 0 Å². The van der Waals surface area contributed by atoms with Gasteiger partial charge in [0, 0.05) is 5.41 Å². The summed E-state index contributed by atoms with van der Waals surface area (Å²) in [5.74, 6) is 0. The maximum atomic E-state index is 5.09. The SMILES string of the molecule is C=C(C)[C@@]1(C(C)(C)/C=C/OC)CC=C(C)CC1. The van der Waals surface area contributed by atoms with Gasteiger partial charge in [-0.25, -0.2) is 0 Å². The number of hydrogen-bond acceptors (Lipinski definition) is 1. The van der Waals surface area contributed by atoms with Gasteiger partial charge in [-0.3, -0.25) is 0 Å². The molecule has 1 rings (SSSR count). The maximum Gasteiger partial charge on any atom is 0.0790 e. The lowest BCUT2D eigenvalue weighted by atomic mass is 9.56. The van der Waals surface area contributed by atoms with Crippen molar-refractivity contribution in [1.29, 1.82) is 0 Å². The molecule has 0 aromatic rings. The smallest absolute Gasteiger partial charge is 0.0790 e. The maximum absolute atomic E-state index is 5.09. The minimum Gasteiger partial charge on any atom is -0.505 e. The largest absolute Gasteiger partial charge is 0.505 e. The van der Waals surface area contributed by atoms with Crippen LogP contribution in [0.1, 0.15) is 47.0 Å². The van der Waals surface area contributed by atoms with Crippen LogP contribution < -0.4 is 0 Å². The lowest BCUT2D eigenvalue weighted by Crippen LogP contribution is -2.38. The third kappa shape index (κ3) is 2.65. The van der Waals surface area contributed by atoms with Crippen LogP contribution in [0.15, 0.2) is 36.1 Å². The monoisotopic (exact) mass is 234 g/mol. The zero-order valence-corrected chi connectivity index (χ0v) is 12.0. The number of allylic oxidation sites excluding steroid dienone is 4. The summed E-state index contributed by atoms with van der Waals surface area (Å²) in [5.41, 5.74) is 3.04. The van der Waals surface area contributed by atoms with Gasteiger partial charge >= 0.3 is 0 Å². The quantitative estimate of drug-likeness (QED) is 0.498. The van der Waals surface area contributed by atoms with Crippen molar-refractivity contribution in [1.82, 2.24) is 0 Å². The van der Waals surface area contributed by atoms with Crippen molar-refractivity contribution in [3.05, 3.63) is 36.1 Å². The van der Waals surface area contributed by atoms with E-state index in [2.05, 4.69) is 46.4 Å². The molecule has 1 atom stereocenters. The van der Waals surface area contributed by atoms with Crippen LogP contribution in [0.4, 0.5) is 0 Å². The Labute approximate surface area is 106 Å². The van der Waals surface area contributed by atoms with Gasteiger partial charge in [0.05, 0.1) is 13.4 Å². The molecule has 0 fully saturated rings. The highest BCUT2D eigenvalue weighted by Crippen LogP contribution is 2.54. The molecule has 0 heterocycles. The summed E-state index contributed by atoms with van der Waals surface area (Å²) in [7, 11) is 1.70. The van der Waals surface area contributed by atoms with Gasteiger partial charge in [-0.1, -0.05) is 37.6 Å². The van der Waals surface area contributed by atoms with E-state index in [1.807, 2.05) is 0 Å². The first-order valence-corrected chi connectivity index (χ1v) is 6.38. The summed E-state index contributed by atoms with van der Waals surface area (Å²) in [6, 6.07) is 0. The second-order valence-corrected chi connectivity index (χ2v) is 5.88. The Bertz CT molecular complexity index is 347. The molecule has 1 aliphatic rings. The standard InChI is InChI=1S/C16H26O/c1-13(2)16(9-7-14(3)8-10-16)15(4,5)11-12-17-6/h7,11-12H,1,8-10H2,2-6H3/b12-11+/t16-/m1/s1. The molecule has 0 spiro atoms. The Kier molecular flexibility index (Phi) is 4.24. The average Bonchev–Trinajstić information content (AvgIpc) is 2.27. The lowest BCUT2D eigenvalue weighted by molar-refractivity contribution is 0.141. The Morgan fingerprint density at radius 2 is 2.18 bits per heavy atom. The minimum atomic E-state index is 0.0754. The van der Waals surface area contributed by atoms with Gasteiger partial charge in [0.1, 0.15) is 0 Å². The van der Waals surface area contributed by atoms with E-state index < -0.39 is 0 Å². The van der Waals surface area contributed by atoms with E-state index in [-0.39, 0.29) is 10.8 Å². The van der Waals surface area contributed by atoms with Crippen molar-refractivity contribution in [3.63, 3.8) is 0 Å². The Morgan fingerprint density at radius 1 is 1.53 bits per heavy atom. The van der Waals surface area contributed by atoms with E-state index in [0.29, 0.717) is 0 Å². The predicted octanol–water partition coefficient (Wildman–Crippen LogP) is 4.87. The molecule has 0 amide bonds. The molecule has 0 radical (unpaired) electrons. The highest BCUT2D eigenvalue weighted by Gasteiger charge is 2.44. The fourth-order valence-electron chi connectivity index (χ4n) is 2.88. The fourth-order valence-corrected chi connectivity index (χ4v) is 2.88. The summed E-state index contributed by atoms with van der Waals surface area (Å²) < 4.78 is 5.09. The van der Waals surface area contributed by atoms with E-state index in [0.717, 1.165) is 6.42 Å². The predicted molar refractivity (Wildman–Crippen MR) is 74.8 cm³/mol. The lowest BCUT2D eigenvalue weighted by Gasteiger charge is -2.48. The molecule has 0 unspecified atom stereocenters. The van der Waals surface area contributed by atoms with Crippen LogP contribution in [0, 0.1) is 10.8 Å². The van der Waals surface area contributed by atoms with Crippen molar-refractivity contribution in [3.8, 4) is 0 Å². The summed E-state index contributed by atoms with van der Waals surface area (Å²) in [5, 5.41) is 0. The highest BCUT2D eigenvalue weighted by molar-refractivity contribution is 5.24. The van der Waals surface area contributed by atoms with Crippen LogP contribution in [-0.2, 0) is 4.74 Å². The summed E-state index contributed by atoms with van der Waals surface area (Å²) >= 11 is 0. The molecule has 1 heteroatoms. The Balaban J connectivity index is 3.09. The normalized spacial score (nSPS) is 25.8. The van der Waals surface area contributed by atoms with Gasteiger partial charge in [-0.05, 0) is 44.6 Å². The molecule has 96 valence electrons. The van der Waals surface area contributed by atoms with Crippen LogP contribution in [-0.4, -0.2) is 7.11 Å². The van der Waals surface area contributed by atoms with E-state index in [9.17, 15) is 0 Å². The van der Waals surface area contributed by atoms with E-state index in [4.69, 9.17) is 4.74 Å². The van der Waals surface area contributed by atoms with Gasteiger partial charge in [0.25, 0.3) is 0 Å². The number of rotatable bonds is 4. The first-order valence-electron chi connectivity index (χ1n) is 6.38. The van der Waals surface area contributed by atoms with Crippen LogP contribution in [0.25, 0.3) is 0 Å². The van der Waals surface area contributed by atoms with Crippen LogP contribution in [0.3, 0.4) is 0 Å². The first-order chi connectivity index (χ1) is 7.85. The molecular formula is C16H26O. The average molecular weight is 234 g/mol. The number of ether oxygens (including phenoxy) is 1. The van der Waals surface area contributed by atoms with Gasteiger partial charge in [0.15, 0.2) is 0 Å². The molecule has 0 N–H and O–H groups in total. The van der Waals surface area contributed by atoms with E-state index >= 15 is 0 Å². The fraction of sp³-hybridized carbons (Fsp3) is 0.625. The number of hydrogen-bond donors (Lipinski definition) is 0. The van der Waals surface area contributed by atoms with Gasteiger partial charge < -0.3 is 4.74 Å². The van der Waals surface area contributed by atoms with Crippen LogP contribution >= 0.6 is 0 Å². The molecule has 0 saturated heterocycles. The molecular weight excluding hydrogens is 208 g/mol. The summed E-state index contributed by atoms with van der Waals surface area (Å²) in [4.78, 5) is 0.